The summed E-state index contributed by atoms with van der Waals surface area (Å²) in [4.78, 5) is 12.0. The molecule has 1 fully saturated rings. The van der Waals surface area contributed by atoms with Gasteiger partial charge in [0.05, 0.1) is 24.1 Å². The Morgan fingerprint density at radius 1 is 1.30 bits per heavy atom. The number of halogens is 2. The summed E-state index contributed by atoms with van der Waals surface area (Å²) in [5.41, 5.74) is -0.406. The third-order valence-electron chi connectivity index (χ3n) is 5.03. The van der Waals surface area contributed by atoms with Crippen LogP contribution >= 0.6 is 11.6 Å². The van der Waals surface area contributed by atoms with Crippen LogP contribution in [0.25, 0.3) is 0 Å². The first kappa shape index (κ1) is 22.4. The van der Waals surface area contributed by atoms with E-state index in [-0.39, 0.29) is 22.9 Å². The molecule has 0 saturated carbocycles. The molecule has 1 N–H and O–H groups in total. The zero-order valence-electron chi connectivity index (χ0n) is 16.2. The molecular formula is C19H21ClFN3O5S. The summed E-state index contributed by atoms with van der Waals surface area (Å²) in [6.07, 6.45) is 1.80. The van der Waals surface area contributed by atoms with E-state index in [1.807, 2.05) is 4.90 Å². The smallest absolute Gasteiger partial charge is 0.293 e. The largest absolute Gasteiger partial charge is 0.497 e. The highest BCUT2D eigenvalue weighted by Crippen LogP contribution is 2.33. The van der Waals surface area contributed by atoms with E-state index in [1.165, 1.54) is 25.3 Å². The van der Waals surface area contributed by atoms with Crippen molar-refractivity contribution >= 4 is 27.3 Å². The number of ether oxygens (including phenoxy) is 1. The van der Waals surface area contributed by atoms with Gasteiger partial charge in [-0.1, -0.05) is 17.7 Å². The Labute approximate surface area is 178 Å². The maximum atomic E-state index is 14.6. The Hall–Kier alpha value is -2.27. The SMILES string of the molecule is COc1ccc(S(=O)(=O)NCC(c2c(F)cccc2Cl)N2CCCC2)c([N+](=O)[O-])c1. The molecule has 30 heavy (non-hydrogen) atoms. The predicted molar refractivity (Wildman–Crippen MR) is 110 cm³/mol. The third kappa shape index (κ3) is 4.72. The molecule has 0 aromatic heterocycles. The van der Waals surface area contributed by atoms with Crippen molar-refractivity contribution in [2.45, 2.75) is 23.8 Å². The van der Waals surface area contributed by atoms with Crippen molar-refractivity contribution in [3.05, 3.63) is 62.9 Å². The molecule has 0 radical (unpaired) electrons. The molecule has 0 aliphatic carbocycles. The van der Waals surface area contributed by atoms with Gasteiger partial charge in [-0.05, 0) is 50.2 Å². The van der Waals surface area contributed by atoms with Crippen LogP contribution in [0.2, 0.25) is 5.02 Å². The minimum atomic E-state index is -4.26. The Kier molecular flexibility index (Phi) is 6.91. The molecule has 1 aliphatic heterocycles. The Morgan fingerprint density at radius 3 is 2.60 bits per heavy atom. The molecule has 1 aliphatic rings. The molecule has 1 unspecified atom stereocenters. The van der Waals surface area contributed by atoms with Gasteiger partial charge in [-0.2, -0.15) is 0 Å². The number of nitro groups is 1. The number of hydrogen-bond donors (Lipinski definition) is 1. The number of methoxy groups -OCH3 is 1. The molecular weight excluding hydrogens is 437 g/mol. The molecule has 2 aromatic rings. The van der Waals surface area contributed by atoms with Crippen LogP contribution in [0.3, 0.4) is 0 Å². The number of likely N-dealkylation sites (tertiary alicyclic amines) is 1. The summed E-state index contributed by atoms with van der Waals surface area (Å²) in [6.45, 7) is 1.14. The van der Waals surface area contributed by atoms with E-state index in [2.05, 4.69) is 4.72 Å². The van der Waals surface area contributed by atoms with E-state index >= 15 is 0 Å². The van der Waals surface area contributed by atoms with Crippen LogP contribution in [-0.2, 0) is 10.0 Å². The number of nitro benzene ring substituents is 1. The van der Waals surface area contributed by atoms with Gasteiger partial charge in [-0.25, -0.2) is 17.5 Å². The monoisotopic (exact) mass is 457 g/mol. The van der Waals surface area contributed by atoms with Gasteiger partial charge in [0.25, 0.3) is 5.69 Å². The van der Waals surface area contributed by atoms with Gasteiger partial charge in [0.15, 0.2) is 4.90 Å². The van der Waals surface area contributed by atoms with E-state index in [4.69, 9.17) is 16.3 Å². The summed E-state index contributed by atoms with van der Waals surface area (Å²) in [5, 5.41) is 11.6. The molecule has 162 valence electrons. The molecule has 0 bridgehead atoms. The number of nitrogens with zero attached hydrogens (tertiary/aromatic N) is 2. The average Bonchev–Trinajstić information content (AvgIpc) is 3.24. The minimum Gasteiger partial charge on any atom is -0.497 e. The van der Waals surface area contributed by atoms with Gasteiger partial charge < -0.3 is 4.74 Å². The highest BCUT2D eigenvalue weighted by Gasteiger charge is 2.31. The van der Waals surface area contributed by atoms with Crippen LogP contribution in [0.4, 0.5) is 10.1 Å². The molecule has 2 aromatic carbocycles. The first-order valence-electron chi connectivity index (χ1n) is 9.24. The van der Waals surface area contributed by atoms with E-state index in [1.54, 1.807) is 6.07 Å². The zero-order valence-corrected chi connectivity index (χ0v) is 17.7. The second-order valence-electron chi connectivity index (χ2n) is 6.84. The fraction of sp³-hybridized carbons (Fsp3) is 0.368. The lowest BCUT2D eigenvalue weighted by atomic mass is 10.0. The molecule has 0 spiro atoms. The summed E-state index contributed by atoms with van der Waals surface area (Å²) < 4.78 is 47.6. The van der Waals surface area contributed by atoms with Crippen molar-refractivity contribution in [2.75, 3.05) is 26.7 Å². The van der Waals surface area contributed by atoms with Crippen LogP contribution in [0.5, 0.6) is 5.75 Å². The molecule has 1 heterocycles. The second-order valence-corrected chi connectivity index (χ2v) is 8.98. The maximum Gasteiger partial charge on any atom is 0.293 e. The molecule has 1 atom stereocenters. The van der Waals surface area contributed by atoms with Gasteiger partial charge >= 0.3 is 0 Å². The van der Waals surface area contributed by atoms with Gasteiger partial charge in [-0.15, -0.1) is 0 Å². The topological polar surface area (TPSA) is 102 Å². The predicted octanol–water partition coefficient (Wildman–Crippen LogP) is 3.51. The first-order chi connectivity index (χ1) is 14.2. The van der Waals surface area contributed by atoms with E-state index in [0.29, 0.717) is 13.1 Å². The van der Waals surface area contributed by atoms with E-state index < -0.39 is 37.4 Å². The Bertz CT molecular complexity index is 1020. The molecule has 3 rings (SSSR count). The number of benzene rings is 2. The highest BCUT2D eigenvalue weighted by molar-refractivity contribution is 7.89. The highest BCUT2D eigenvalue weighted by atomic mass is 35.5. The maximum absolute atomic E-state index is 14.6. The summed E-state index contributed by atoms with van der Waals surface area (Å²) >= 11 is 6.22. The van der Waals surface area contributed by atoms with Gasteiger partial charge in [0.1, 0.15) is 11.6 Å². The Balaban J connectivity index is 1.93. The average molecular weight is 458 g/mol. The number of hydrogen-bond acceptors (Lipinski definition) is 6. The Morgan fingerprint density at radius 2 is 2.00 bits per heavy atom. The lowest BCUT2D eigenvalue weighted by molar-refractivity contribution is -0.387. The molecule has 8 nitrogen and oxygen atoms in total. The van der Waals surface area contributed by atoms with Crippen LogP contribution in [0.15, 0.2) is 41.3 Å². The summed E-state index contributed by atoms with van der Waals surface area (Å²) in [7, 11) is -2.93. The van der Waals surface area contributed by atoms with Crippen molar-refractivity contribution in [3.8, 4) is 5.75 Å². The second kappa shape index (κ2) is 9.25. The summed E-state index contributed by atoms with van der Waals surface area (Å²) in [5.74, 6) is -0.372. The summed E-state index contributed by atoms with van der Waals surface area (Å²) in [6, 6.07) is 7.13. The fourth-order valence-electron chi connectivity index (χ4n) is 3.56. The quantitative estimate of drug-likeness (QED) is 0.480. The zero-order chi connectivity index (χ0) is 21.9. The van der Waals surface area contributed by atoms with Gasteiger partial charge in [-0.3, -0.25) is 15.0 Å². The third-order valence-corrected chi connectivity index (χ3v) is 6.83. The van der Waals surface area contributed by atoms with Crippen LogP contribution in [0, 0.1) is 15.9 Å². The number of sulfonamides is 1. The van der Waals surface area contributed by atoms with Crippen LogP contribution < -0.4 is 9.46 Å². The van der Waals surface area contributed by atoms with Crippen LogP contribution in [0.1, 0.15) is 24.4 Å². The van der Waals surface area contributed by atoms with E-state index in [0.717, 1.165) is 25.0 Å². The molecule has 0 amide bonds. The minimum absolute atomic E-state index is 0.161. The number of rotatable bonds is 8. The number of nitrogens with one attached hydrogen (secondary N) is 1. The normalized spacial score (nSPS) is 15.8. The van der Waals surface area contributed by atoms with Crippen LogP contribution in [-0.4, -0.2) is 45.0 Å². The van der Waals surface area contributed by atoms with Crippen molar-refractivity contribution in [3.63, 3.8) is 0 Å². The molecule has 11 heteroatoms. The first-order valence-corrected chi connectivity index (χ1v) is 11.1. The lowest BCUT2D eigenvalue weighted by Gasteiger charge is -2.29. The van der Waals surface area contributed by atoms with Crippen molar-refractivity contribution in [2.24, 2.45) is 0 Å². The molecule has 1 saturated heterocycles. The standard InChI is InChI=1S/C19H21ClFN3O5S/c1-29-13-7-8-18(16(11-13)24(25)26)30(27,28)22-12-17(23-9-2-3-10-23)19-14(20)5-4-6-15(19)21/h4-8,11,17,22H,2-3,9-10,12H2,1H3. The van der Waals surface area contributed by atoms with Crippen molar-refractivity contribution in [1.82, 2.24) is 9.62 Å². The van der Waals surface area contributed by atoms with Crippen molar-refractivity contribution < 1.29 is 22.5 Å². The van der Waals surface area contributed by atoms with Gasteiger partial charge in [0.2, 0.25) is 10.0 Å². The fourth-order valence-corrected chi connectivity index (χ4v) is 5.03. The van der Waals surface area contributed by atoms with Gasteiger partial charge in [0, 0.05) is 17.1 Å². The lowest BCUT2D eigenvalue weighted by Crippen LogP contribution is -2.37. The van der Waals surface area contributed by atoms with E-state index in [9.17, 15) is 22.9 Å². The van der Waals surface area contributed by atoms with Crippen molar-refractivity contribution in [1.29, 1.82) is 0 Å².